The maximum atomic E-state index is 11.9. The van der Waals surface area contributed by atoms with Crippen LogP contribution in [0.3, 0.4) is 0 Å². The average Bonchev–Trinajstić information content (AvgIpc) is 2.84. The summed E-state index contributed by atoms with van der Waals surface area (Å²) in [6.45, 7) is 0. The van der Waals surface area contributed by atoms with Crippen molar-refractivity contribution in [3.63, 3.8) is 0 Å². The molecule has 16 heavy (non-hydrogen) atoms. The Bertz CT molecular complexity index is 490. The maximum Gasteiger partial charge on any atom is 0.175 e. The maximum absolute atomic E-state index is 11.9. The van der Waals surface area contributed by atoms with Gasteiger partial charge in [0.05, 0.1) is 17.5 Å². The van der Waals surface area contributed by atoms with Crippen molar-refractivity contribution in [3.8, 4) is 0 Å². The van der Waals surface area contributed by atoms with Crippen molar-refractivity contribution in [1.82, 2.24) is 0 Å². The van der Waals surface area contributed by atoms with E-state index < -0.39 is 0 Å². The zero-order valence-electron chi connectivity index (χ0n) is 7.91. The standard InChI is InChI=1S/C10H6Br2OS3/c11-8-4-6(10(12)16-8)7(13)5-15-9-2-1-3-14-9/h1-4H,5H2. The van der Waals surface area contributed by atoms with Crippen LogP contribution in [0, 0.1) is 0 Å². The van der Waals surface area contributed by atoms with Crippen LogP contribution in [-0.2, 0) is 0 Å². The number of hydrogen-bond acceptors (Lipinski definition) is 4. The molecule has 0 aliphatic carbocycles. The molecule has 0 saturated carbocycles. The summed E-state index contributed by atoms with van der Waals surface area (Å²) in [6.07, 6.45) is 0. The number of thioether (sulfide) groups is 1. The molecule has 84 valence electrons. The molecule has 1 nitrogen and oxygen atoms in total. The van der Waals surface area contributed by atoms with Crippen molar-refractivity contribution in [2.45, 2.75) is 4.21 Å². The average molecular weight is 398 g/mol. The molecule has 0 N–H and O–H groups in total. The number of rotatable bonds is 4. The molecule has 0 fully saturated rings. The highest BCUT2D eigenvalue weighted by molar-refractivity contribution is 9.12. The second-order valence-corrected chi connectivity index (χ2v) is 8.85. The molecule has 0 radical (unpaired) electrons. The lowest BCUT2D eigenvalue weighted by molar-refractivity contribution is 0.102. The van der Waals surface area contributed by atoms with Gasteiger partial charge in [0.15, 0.2) is 5.78 Å². The predicted molar refractivity (Wildman–Crippen MR) is 79.1 cm³/mol. The van der Waals surface area contributed by atoms with Gasteiger partial charge in [-0.15, -0.1) is 34.4 Å². The molecular formula is C10H6Br2OS3. The van der Waals surface area contributed by atoms with Crippen molar-refractivity contribution < 1.29 is 4.79 Å². The third-order valence-corrected chi connectivity index (χ3v) is 6.27. The Labute approximate surface area is 123 Å². The van der Waals surface area contributed by atoms with Gasteiger partial charge < -0.3 is 0 Å². The lowest BCUT2D eigenvalue weighted by atomic mass is 10.2. The summed E-state index contributed by atoms with van der Waals surface area (Å²) >= 11 is 11.5. The van der Waals surface area contributed by atoms with Gasteiger partial charge in [-0.3, -0.25) is 4.79 Å². The molecular weight excluding hydrogens is 392 g/mol. The van der Waals surface area contributed by atoms with Gasteiger partial charge in [0.2, 0.25) is 0 Å². The number of hydrogen-bond donors (Lipinski definition) is 0. The summed E-state index contributed by atoms with van der Waals surface area (Å²) in [5.74, 6) is 0.648. The van der Waals surface area contributed by atoms with E-state index in [1.165, 1.54) is 15.5 Å². The van der Waals surface area contributed by atoms with Gasteiger partial charge in [0.25, 0.3) is 0 Å². The molecule has 6 heteroatoms. The Morgan fingerprint density at radius 1 is 1.44 bits per heavy atom. The van der Waals surface area contributed by atoms with E-state index in [1.54, 1.807) is 23.1 Å². The van der Waals surface area contributed by atoms with Crippen LogP contribution in [0.5, 0.6) is 0 Å². The summed E-state index contributed by atoms with van der Waals surface area (Å²) in [7, 11) is 0. The van der Waals surface area contributed by atoms with Crippen molar-refractivity contribution >= 4 is 72.1 Å². The van der Waals surface area contributed by atoms with Crippen LogP contribution in [0.25, 0.3) is 0 Å². The molecule has 0 aromatic carbocycles. The van der Waals surface area contributed by atoms with E-state index in [2.05, 4.69) is 31.9 Å². The van der Waals surface area contributed by atoms with Gasteiger partial charge in [-0.1, -0.05) is 6.07 Å². The van der Waals surface area contributed by atoms with E-state index in [9.17, 15) is 4.79 Å². The lowest BCUT2D eigenvalue weighted by Gasteiger charge is -1.97. The summed E-state index contributed by atoms with van der Waals surface area (Å²) in [5, 5.41) is 2.02. The van der Waals surface area contributed by atoms with Gasteiger partial charge in [-0.25, -0.2) is 0 Å². The highest BCUT2D eigenvalue weighted by atomic mass is 79.9. The summed E-state index contributed by atoms with van der Waals surface area (Å²) in [5.41, 5.74) is 0.765. The Morgan fingerprint density at radius 2 is 2.25 bits per heavy atom. The van der Waals surface area contributed by atoms with Crippen LogP contribution < -0.4 is 0 Å². The molecule has 0 aliphatic heterocycles. The van der Waals surface area contributed by atoms with Crippen molar-refractivity contribution in [2.24, 2.45) is 0 Å². The molecule has 2 aromatic heterocycles. The van der Waals surface area contributed by atoms with Crippen LogP contribution in [0.1, 0.15) is 10.4 Å². The van der Waals surface area contributed by atoms with E-state index in [0.29, 0.717) is 5.75 Å². The van der Waals surface area contributed by atoms with Gasteiger partial charge in [0.1, 0.15) is 0 Å². The monoisotopic (exact) mass is 396 g/mol. The molecule has 2 heterocycles. The minimum Gasteiger partial charge on any atom is -0.293 e. The largest absolute Gasteiger partial charge is 0.293 e. The van der Waals surface area contributed by atoms with Crippen LogP contribution in [0.2, 0.25) is 0 Å². The van der Waals surface area contributed by atoms with Gasteiger partial charge in [0, 0.05) is 5.56 Å². The van der Waals surface area contributed by atoms with E-state index in [1.807, 2.05) is 23.6 Å². The normalized spacial score (nSPS) is 10.6. The summed E-state index contributed by atoms with van der Waals surface area (Å²) < 4.78 is 3.05. The molecule has 0 atom stereocenters. The van der Waals surface area contributed by atoms with Gasteiger partial charge in [-0.2, -0.15) is 0 Å². The summed E-state index contributed by atoms with van der Waals surface area (Å²) in [6, 6.07) is 5.89. The number of carbonyl (C=O) groups excluding carboxylic acids is 1. The fourth-order valence-electron chi connectivity index (χ4n) is 1.09. The number of thiophene rings is 2. The predicted octanol–water partition coefficient (Wildman–Crippen LogP) is 5.31. The quantitative estimate of drug-likeness (QED) is 0.513. The van der Waals surface area contributed by atoms with E-state index in [-0.39, 0.29) is 5.78 Å². The molecule has 0 bridgehead atoms. The van der Waals surface area contributed by atoms with Crippen molar-refractivity contribution in [1.29, 1.82) is 0 Å². The Morgan fingerprint density at radius 3 is 2.81 bits per heavy atom. The smallest absolute Gasteiger partial charge is 0.175 e. The second-order valence-electron chi connectivity index (χ2n) is 2.88. The Kier molecular flexibility index (Phi) is 4.66. The highest BCUT2D eigenvalue weighted by Crippen LogP contribution is 2.33. The fraction of sp³-hybridized carbons (Fsp3) is 0.100. The molecule has 0 amide bonds. The number of carbonyl (C=O) groups is 1. The first-order valence-corrected chi connectivity index (χ1v) is 8.58. The van der Waals surface area contributed by atoms with Crippen LogP contribution in [0.4, 0.5) is 0 Å². The van der Waals surface area contributed by atoms with Crippen LogP contribution in [-0.4, -0.2) is 11.5 Å². The topological polar surface area (TPSA) is 17.1 Å². The number of Topliss-reactive ketones (excluding diaryl/α,β-unsaturated/α-hetero) is 1. The van der Waals surface area contributed by atoms with Crippen LogP contribution in [0.15, 0.2) is 35.4 Å². The first-order chi connectivity index (χ1) is 7.66. The molecule has 2 rings (SSSR count). The number of ketones is 1. The highest BCUT2D eigenvalue weighted by Gasteiger charge is 2.13. The zero-order chi connectivity index (χ0) is 11.5. The first kappa shape index (κ1) is 12.8. The van der Waals surface area contributed by atoms with Crippen LogP contribution >= 0.6 is 66.3 Å². The Hall–Kier alpha value is 0.380. The molecule has 0 aliphatic rings. The van der Waals surface area contributed by atoms with Gasteiger partial charge in [-0.05, 0) is 49.4 Å². The minimum atomic E-state index is 0.159. The van der Waals surface area contributed by atoms with E-state index >= 15 is 0 Å². The molecule has 0 unspecified atom stereocenters. The lowest BCUT2D eigenvalue weighted by Crippen LogP contribution is -2.00. The summed E-state index contributed by atoms with van der Waals surface area (Å²) in [4.78, 5) is 11.9. The second kappa shape index (κ2) is 5.82. The zero-order valence-corrected chi connectivity index (χ0v) is 13.5. The Balaban J connectivity index is 2.01. The van der Waals surface area contributed by atoms with Gasteiger partial charge >= 0.3 is 0 Å². The molecule has 2 aromatic rings. The third kappa shape index (κ3) is 3.20. The molecule has 0 saturated heterocycles. The van der Waals surface area contributed by atoms with Crippen molar-refractivity contribution in [2.75, 3.05) is 5.75 Å². The molecule has 0 spiro atoms. The van der Waals surface area contributed by atoms with E-state index in [4.69, 9.17) is 0 Å². The third-order valence-electron chi connectivity index (χ3n) is 1.80. The number of halogens is 2. The SMILES string of the molecule is O=C(CSc1cccs1)c1cc(Br)sc1Br. The minimum absolute atomic E-state index is 0.159. The fourth-order valence-corrected chi connectivity index (χ4v) is 5.61. The van der Waals surface area contributed by atoms with Crippen molar-refractivity contribution in [3.05, 3.63) is 36.7 Å². The first-order valence-electron chi connectivity index (χ1n) is 4.31. The van der Waals surface area contributed by atoms with E-state index in [0.717, 1.165) is 13.1 Å².